The summed E-state index contributed by atoms with van der Waals surface area (Å²) < 4.78 is 40.8. The molecule has 16 nitrogen and oxygen atoms in total. The van der Waals surface area contributed by atoms with E-state index in [0.717, 1.165) is 61.1 Å². The lowest BCUT2D eigenvalue weighted by atomic mass is 10.1. The highest BCUT2D eigenvalue weighted by atomic mass is 32.1. The van der Waals surface area contributed by atoms with Gasteiger partial charge in [0, 0.05) is 62.8 Å². The number of pyridine rings is 2. The van der Waals surface area contributed by atoms with Crippen molar-refractivity contribution in [2.45, 2.75) is 64.5 Å². The number of aromatic nitrogens is 4. The number of ether oxygens (including phenoxy) is 2. The molecule has 2 fully saturated rings. The zero-order valence-electron chi connectivity index (χ0n) is 42.4. The van der Waals surface area contributed by atoms with Gasteiger partial charge >= 0.3 is 0 Å². The van der Waals surface area contributed by atoms with E-state index in [2.05, 4.69) is 52.9 Å². The number of nitrogens with two attached hydrogens (primary N) is 1. The minimum atomic E-state index is -0.368. The van der Waals surface area contributed by atoms with Gasteiger partial charge in [-0.05, 0) is 137 Å². The fourth-order valence-electron chi connectivity index (χ4n) is 8.89. The number of nitrogens with zero attached hydrogens (tertiary/aromatic N) is 7. The number of nitrogen functional groups attached to an aromatic ring is 1. The first kappa shape index (κ1) is 55.2. The van der Waals surface area contributed by atoms with Crippen LogP contribution in [-0.4, -0.2) is 115 Å². The molecule has 0 radical (unpaired) electrons. The number of aryl methyl sites for hydroxylation is 3. The topological polar surface area (TPSA) is 206 Å². The molecule has 392 valence electrons. The third-order valence-electron chi connectivity index (χ3n) is 12.8. The summed E-state index contributed by atoms with van der Waals surface area (Å²) in [4.78, 5) is 45.9. The highest BCUT2D eigenvalue weighted by molar-refractivity contribution is 7.78. The molecule has 0 spiro atoms. The lowest BCUT2D eigenvalue weighted by Gasteiger charge is -2.21. The van der Waals surface area contributed by atoms with E-state index in [1.165, 1.54) is 12.1 Å². The van der Waals surface area contributed by atoms with Gasteiger partial charge in [0.25, 0.3) is 0 Å². The van der Waals surface area contributed by atoms with E-state index in [-0.39, 0.29) is 67.0 Å². The Kier molecular flexibility index (Phi) is 19.6. The number of anilines is 4. The number of hydrogen-bond acceptors (Lipinski definition) is 16. The van der Waals surface area contributed by atoms with Crippen LogP contribution < -0.4 is 25.8 Å². The Morgan fingerprint density at radius 1 is 0.747 bits per heavy atom. The van der Waals surface area contributed by atoms with Crippen molar-refractivity contribution in [3.8, 4) is 23.0 Å². The summed E-state index contributed by atoms with van der Waals surface area (Å²) in [5.41, 5.74) is 12.8. The van der Waals surface area contributed by atoms with Gasteiger partial charge in [0.15, 0.2) is 11.6 Å². The Bertz CT molecular complexity index is 3150. The van der Waals surface area contributed by atoms with E-state index in [1.54, 1.807) is 67.0 Å². The number of imidazole rings is 1. The number of rotatable bonds is 18. The smallest absolute Gasteiger partial charge is 0.208 e. The molecule has 5 heterocycles. The van der Waals surface area contributed by atoms with Crippen molar-refractivity contribution in [2.24, 2.45) is 12.0 Å². The fourth-order valence-corrected chi connectivity index (χ4v) is 8.99. The number of carbonyl (C=O) groups is 2. The average molecular weight is 1040 g/mol. The Labute approximate surface area is 440 Å². The number of aliphatic imine (C=N–C) groups is 1. The maximum Gasteiger partial charge on any atom is 0.208 e. The number of nitrogens with one attached hydrogen (secondary N) is 2. The zero-order chi connectivity index (χ0) is 53.4. The molecule has 2 aliphatic heterocycles. The van der Waals surface area contributed by atoms with Gasteiger partial charge in [-0.15, -0.1) is 0 Å². The molecular formula is C56H62F2N10O6S. The van der Waals surface area contributed by atoms with E-state index < -0.39 is 0 Å². The van der Waals surface area contributed by atoms with Crippen molar-refractivity contribution in [1.82, 2.24) is 29.3 Å². The summed E-state index contributed by atoms with van der Waals surface area (Å²) in [6, 6.07) is 27.7. The molecule has 2 atom stereocenters. The quantitative estimate of drug-likeness (QED) is 0.0308. The van der Waals surface area contributed by atoms with Gasteiger partial charge in [-0.3, -0.25) is 29.4 Å². The van der Waals surface area contributed by atoms with Crippen LogP contribution in [-0.2, 0) is 29.5 Å². The number of likely N-dealkylation sites (tertiary alicyclic amines) is 2. The minimum absolute atomic E-state index is 0.0602. The van der Waals surface area contributed by atoms with E-state index in [9.17, 15) is 28.6 Å². The van der Waals surface area contributed by atoms with Crippen LogP contribution in [0.1, 0.15) is 48.2 Å². The number of benzene rings is 4. The van der Waals surface area contributed by atoms with Crippen LogP contribution >= 0.6 is 12.2 Å². The van der Waals surface area contributed by atoms with Gasteiger partial charge in [0.2, 0.25) is 5.95 Å². The molecular weight excluding hydrogens is 979 g/mol. The number of hydrogen-bond donors (Lipinski definition) is 5. The standard InChI is InChI=1S/C28H30FN5O3.C20H26N4O3.C8H6FNS/c1-18-5-7-24(29)25(12-18)31-28-32-26-15-22(6-8-27(26)33(28)2)37-23-9-10-30-19(14-23)13-21(36)16-34-11-3-4-20(34)17-35;1-22-20-5-4-17(11-19(20)21)27-18-6-7-23-14(10-18)9-16(26)12-24-8-2-3-15(24)13-25;1-6-2-3-7(9)8(4-6)10-5-11/h5-10,12,14-15,20,35H,3-4,11,13,16-17H2,1-2H3,(H,31,32);4-7,10-11,15,22,25H,2-3,8-9,12-13,21H2,1H3;2-4H,1H3/t20-;15-;/m00./s1. The van der Waals surface area contributed by atoms with Crippen LogP contribution in [0.3, 0.4) is 0 Å². The van der Waals surface area contributed by atoms with E-state index >= 15 is 0 Å². The molecule has 0 unspecified atom stereocenters. The van der Waals surface area contributed by atoms with Crippen molar-refractivity contribution in [3.05, 3.63) is 144 Å². The van der Waals surface area contributed by atoms with Crippen LogP contribution in [0, 0.1) is 25.5 Å². The third kappa shape index (κ3) is 15.5. The second-order valence-corrected chi connectivity index (χ2v) is 18.6. The van der Waals surface area contributed by atoms with Gasteiger partial charge < -0.3 is 40.6 Å². The van der Waals surface area contributed by atoms with Gasteiger partial charge in [-0.2, -0.15) is 4.99 Å². The monoisotopic (exact) mass is 1040 g/mol. The highest BCUT2D eigenvalue weighted by Gasteiger charge is 2.27. The maximum atomic E-state index is 14.2. The van der Waals surface area contributed by atoms with Gasteiger partial charge in [0.05, 0.1) is 83.8 Å². The summed E-state index contributed by atoms with van der Waals surface area (Å²) in [5.74, 6) is 2.34. The number of Topliss-reactive ketones (excluding diaryl/α,β-unsaturated/α-hetero) is 2. The van der Waals surface area contributed by atoms with Crippen molar-refractivity contribution in [1.29, 1.82) is 0 Å². The van der Waals surface area contributed by atoms with Crippen molar-refractivity contribution in [2.75, 3.05) is 62.8 Å². The summed E-state index contributed by atoms with van der Waals surface area (Å²) in [6.45, 7) is 6.31. The summed E-state index contributed by atoms with van der Waals surface area (Å²) in [6.07, 6.45) is 7.60. The largest absolute Gasteiger partial charge is 0.457 e. The first-order valence-corrected chi connectivity index (χ1v) is 25.0. The third-order valence-corrected chi connectivity index (χ3v) is 12.9. The number of fused-ring (bicyclic) bond motifs is 1. The van der Waals surface area contributed by atoms with Crippen LogP contribution in [0.2, 0.25) is 0 Å². The molecule has 9 rings (SSSR count). The van der Waals surface area contributed by atoms with Crippen LogP contribution in [0.5, 0.6) is 23.0 Å². The summed E-state index contributed by atoms with van der Waals surface area (Å²) >= 11 is 4.35. The Balaban J connectivity index is 0.000000188. The van der Waals surface area contributed by atoms with Crippen molar-refractivity contribution in [3.63, 3.8) is 0 Å². The predicted octanol–water partition coefficient (Wildman–Crippen LogP) is 9.45. The zero-order valence-corrected chi connectivity index (χ0v) is 43.2. The van der Waals surface area contributed by atoms with Crippen LogP contribution in [0.4, 0.5) is 37.5 Å². The normalized spacial score (nSPS) is 15.3. The molecule has 3 aromatic heterocycles. The molecule has 2 aliphatic rings. The average Bonchev–Trinajstić information content (AvgIpc) is 4.12. The minimum Gasteiger partial charge on any atom is -0.457 e. The lowest BCUT2D eigenvalue weighted by molar-refractivity contribution is -0.120. The van der Waals surface area contributed by atoms with Gasteiger partial charge in [-0.25, -0.2) is 13.8 Å². The Morgan fingerprint density at radius 2 is 1.29 bits per heavy atom. The van der Waals surface area contributed by atoms with Gasteiger partial charge in [0.1, 0.15) is 40.3 Å². The molecule has 0 amide bonds. The number of carbonyl (C=O) groups excluding carboxylic acids is 2. The second kappa shape index (κ2) is 26.6. The molecule has 0 saturated carbocycles. The number of aliphatic hydroxyl groups excluding tert-OH is 2. The first-order chi connectivity index (χ1) is 36.2. The van der Waals surface area contributed by atoms with Crippen LogP contribution in [0.15, 0.2) is 114 Å². The Morgan fingerprint density at radius 3 is 1.85 bits per heavy atom. The summed E-state index contributed by atoms with van der Waals surface area (Å²) in [5, 5.41) is 27.1. The first-order valence-electron chi connectivity index (χ1n) is 24.6. The molecule has 75 heavy (non-hydrogen) atoms. The SMILES string of the molecule is CNc1ccc(Oc2ccnc(CC(=O)CN3CCC[C@H]3CO)c2)cc1N.Cc1ccc(F)c(N=C=S)c1.Cc1ccc(F)c(Nc2nc3cc(Oc4ccnc(CC(=O)CN5CCC[C@H]5CO)c4)ccc3n2C)c1. The molecule has 0 aliphatic carbocycles. The molecule has 4 aromatic carbocycles. The Hall–Kier alpha value is -7.51. The van der Waals surface area contributed by atoms with E-state index in [0.29, 0.717) is 70.3 Å². The second-order valence-electron chi connectivity index (χ2n) is 18.4. The number of isothiocyanates is 1. The van der Waals surface area contributed by atoms with E-state index in [4.69, 9.17) is 15.2 Å². The number of halogens is 2. The highest BCUT2D eigenvalue weighted by Crippen LogP contribution is 2.31. The van der Waals surface area contributed by atoms with Crippen LogP contribution in [0.25, 0.3) is 11.0 Å². The molecule has 0 bridgehead atoms. The van der Waals surface area contributed by atoms with Crippen molar-refractivity contribution >= 4 is 68.7 Å². The molecule has 19 heteroatoms. The summed E-state index contributed by atoms with van der Waals surface area (Å²) in [7, 11) is 3.67. The molecule has 7 aromatic rings. The van der Waals surface area contributed by atoms with Gasteiger partial charge in [-0.1, -0.05) is 12.1 Å². The fraction of sp³-hybridized carbons (Fsp3) is 0.321. The number of aliphatic hydroxyl groups is 2. The van der Waals surface area contributed by atoms with E-state index in [1.807, 2.05) is 67.7 Å². The molecule has 6 N–H and O–H groups in total. The van der Waals surface area contributed by atoms with Crippen molar-refractivity contribution < 1.29 is 38.1 Å². The predicted molar refractivity (Wildman–Crippen MR) is 291 cm³/mol. The molecule has 2 saturated heterocycles. The number of thiocarbonyl (C=S) groups is 1. The maximum absolute atomic E-state index is 14.2. The lowest BCUT2D eigenvalue weighted by Crippen LogP contribution is -2.37. The number of ketones is 2.